The van der Waals surface area contributed by atoms with Crippen LogP contribution in [-0.4, -0.2) is 35.2 Å². The highest BCUT2D eigenvalue weighted by molar-refractivity contribution is 6.30. The number of imide groups is 1. The topological polar surface area (TPSA) is 57.7 Å². The monoisotopic (exact) mass is 402 g/mol. The number of nitrogens with zero attached hydrogens (tertiary/aromatic N) is 2. The van der Waals surface area contributed by atoms with Crippen LogP contribution < -0.4 is 4.90 Å². The number of carbonyl (C=O) groups is 3. The smallest absolute Gasteiger partial charge is 0.257 e. The first-order valence-electron chi connectivity index (χ1n) is 10.1. The molecule has 0 spiro atoms. The predicted octanol–water partition coefficient (Wildman–Crippen LogP) is 4.49. The quantitative estimate of drug-likeness (QED) is 0.498. The van der Waals surface area contributed by atoms with Crippen molar-refractivity contribution in [3.8, 4) is 0 Å². The molecule has 3 amide bonds. The number of benzene rings is 1. The third kappa shape index (κ3) is 4.64. The van der Waals surface area contributed by atoms with E-state index in [0.29, 0.717) is 30.1 Å². The van der Waals surface area contributed by atoms with Crippen LogP contribution in [0.1, 0.15) is 58.3 Å². The van der Waals surface area contributed by atoms with Crippen molar-refractivity contribution in [1.82, 2.24) is 4.90 Å². The summed E-state index contributed by atoms with van der Waals surface area (Å²) in [7, 11) is 0. The van der Waals surface area contributed by atoms with Crippen LogP contribution in [0.15, 0.2) is 35.9 Å². The minimum atomic E-state index is -0.716. The van der Waals surface area contributed by atoms with Gasteiger partial charge in [0.2, 0.25) is 11.8 Å². The maximum atomic E-state index is 13.1. The Morgan fingerprint density at radius 2 is 1.96 bits per heavy atom. The molecule has 1 aliphatic carbocycles. The fourth-order valence-electron chi connectivity index (χ4n) is 3.93. The van der Waals surface area contributed by atoms with Crippen molar-refractivity contribution in [1.29, 1.82) is 0 Å². The largest absolute Gasteiger partial charge is 0.330 e. The number of hydrogen-bond donors (Lipinski definition) is 0. The highest BCUT2D eigenvalue weighted by atomic mass is 35.5. The molecule has 1 fully saturated rings. The van der Waals surface area contributed by atoms with Crippen LogP contribution in [0.3, 0.4) is 0 Å². The normalized spacial score (nSPS) is 19.7. The Bertz CT molecular complexity index is 772. The molecule has 1 aliphatic heterocycles. The van der Waals surface area contributed by atoms with E-state index in [4.69, 9.17) is 11.6 Å². The van der Waals surface area contributed by atoms with E-state index in [1.165, 1.54) is 23.3 Å². The zero-order valence-corrected chi connectivity index (χ0v) is 17.1. The van der Waals surface area contributed by atoms with Crippen molar-refractivity contribution >= 4 is 35.0 Å². The number of anilines is 1. The molecule has 5 nitrogen and oxygen atoms in total. The number of hydrogen-bond acceptors (Lipinski definition) is 3. The number of amides is 3. The zero-order chi connectivity index (χ0) is 20.1. The standard InChI is InChI=1S/C22H27ClN2O3/c1-2-6-20(26)24(14-13-16-7-4-3-5-8-16)19-15-21(27)25(22(19)28)18-11-9-17(23)10-12-18/h7,9-12,19H,2-6,8,13-15H2,1H3. The van der Waals surface area contributed by atoms with Gasteiger partial charge in [0.1, 0.15) is 6.04 Å². The third-order valence-corrected chi connectivity index (χ3v) is 5.68. The molecule has 2 aliphatic rings. The lowest BCUT2D eigenvalue weighted by molar-refractivity contribution is -0.138. The lowest BCUT2D eigenvalue weighted by Gasteiger charge is -2.28. The molecule has 1 aromatic carbocycles. The Balaban J connectivity index is 1.77. The van der Waals surface area contributed by atoms with Crippen molar-refractivity contribution in [3.63, 3.8) is 0 Å². The lowest BCUT2D eigenvalue weighted by Crippen LogP contribution is -2.46. The van der Waals surface area contributed by atoms with E-state index in [2.05, 4.69) is 6.08 Å². The van der Waals surface area contributed by atoms with Crippen LogP contribution >= 0.6 is 11.6 Å². The minimum absolute atomic E-state index is 0.0377. The van der Waals surface area contributed by atoms with Gasteiger partial charge in [-0.2, -0.15) is 0 Å². The van der Waals surface area contributed by atoms with Crippen molar-refractivity contribution < 1.29 is 14.4 Å². The van der Waals surface area contributed by atoms with Gasteiger partial charge < -0.3 is 4.90 Å². The highest BCUT2D eigenvalue weighted by Gasteiger charge is 2.44. The first-order valence-corrected chi connectivity index (χ1v) is 10.5. The molecule has 28 heavy (non-hydrogen) atoms. The Labute approximate surface area is 171 Å². The molecule has 0 N–H and O–H groups in total. The molecule has 1 unspecified atom stereocenters. The van der Waals surface area contributed by atoms with Crippen LogP contribution in [0.2, 0.25) is 5.02 Å². The predicted molar refractivity (Wildman–Crippen MR) is 110 cm³/mol. The molecule has 0 aromatic heterocycles. The number of carbonyl (C=O) groups excluding carboxylic acids is 3. The summed E-state index contributed by atoms with van der Waals surface area (Å²) in [4.78, 5) is 41.2. The molecule has 1 heterocycles. The second kappa shape index (κ2) is 9.37. The van der Waals surface area contributed by atoms with Crippen LogP contribution in [0, 0.1) is 0 Å². The Hall–Kier alpha value is -2.14. The van der Waals surface area contributed by atoms with E-state index in [-0.39, 0.29) is 24.1 Å². The van der Waals surface area contributed by atoms with Gasteiger partial charge in [-0.25, -0.2) is 4.90 Å². The second-order valence-electron chi connectivity index (χ2n) is 7.46. The van der Waals surface area contributed by atoms with Gasteiger partial charge >= 0.3 is 0 Å². The van der Waals surface area contributed by atoms with Crippen molar-refractivity contribution in [3.05, 3.63) is 40.9 Å². The Morgan fingerprint density at radius 1 is 1.21 bits per heavy atom. The molecule has 0 radical (unpaired) electrons. The fourth-order valence-corrected chi connectivity index (χ4v) is 4.05. The van der Waals surface area contributed by atoms with E-state index in [0.717, 1.165) is 19.3 Å². The van der Waals surface area contributed by atoms with Gasteiger partial charge in [0.25, 0.3) is 5.91 Å². The summed E-state index contributed by atoms with van der Waals surface area (Å²) < 4.78 is 0. The van der Waals surface area contributed by atoms with Crippen molar-refractivity contribution in [2.75, 3.05) is 11.4 Å². The fraction of sp³-hybridized carbons (Fsp3) is 0.500. The summed E-state index contributed by atoms with van der Waals surface area (Å²) in [6, 6.07) is 5.91. The van der Waals surface area contributed by atoms with Crippen LogP contribution in [-0.2, 0) is 14.4 Å². The maximum Gasteiger partial charge on any atom is 0.257 e. The first-order chi connectivity index (χ1) is 13.5. The van der Waals surface area contributed by atoms with Gasteiger partial charge in [-0.15, -0.1) is 0 Å². The number of rotatable bonds is 7. The molecule has 1 atom stereocenters. The summed E-state index contributed by atoms with van der Waals surface area (Å²) in [5.74, 6) is -0.652. The SMILES string of the molecule is CCCC(=O)N(CCC1=CCCCC1)C1CC(=O)N(c2ccc(Cl)cc2)C1=O. The molecular weight excluding hydrogens is 376 g/mol. The summed E-state index contributed by atoms with van der Waals surface area (Å²) in [5, 5.41) is 0.542. The second-order valence-corrected chi connectivity index (χ2v) is 7.90. The van der Waals surface area contributed by atoms with E-state index in [9.17, 15) is 14.4 Å². The molecule has 1 aromatic rings. The van der Waals surface area contributed by atoms with Crippen LogP contribution in [0.25, 0.3) is 0 Å². The first kappa shape index (κ1) is 20.6. The van der Waals surface area contributed by atoms with Crippen LogP contribution in [0.4, 0.5) is 5.69 Å². The summed E-state index contributed by atoms with van der Waals surface area (Å²) in [6.45, 7) is 2.43. The molecular formula is C22H27ClN2O3. The highest BCUT2D eigenvalue weighted by Crippen LogP contribution is 2.28. The average molecular weight is 403 g/mol. The molecule has 1 saturated heterocycles. The van der Waals surface area contributed by atoms with Gasteiger partial charge in [0, 0.05) is 18.0 Å². The van der Waals surface area contributed by atoms with Gasteiger partial charge in [0.05, 0.1) is 12.1 Å². The molecule has 6 heteroatoms. The summed E-state index contributed by atoms with van der Waals surface area (Å²) >= 11 is 5.92. The van der Waals surface area contributed by atoms with Gasteiger partial charge in [-0.1, -0.05) is 30.2 Å². The molecule has 150 valence electrons. The lowest BCUT2D eigenvalue weighted by atomic mass is 9.97. The Kier molecular flexibility index (Phi) is 6.89. The van der Waals surface area contributed by atoms with Gasteiger partial charge in [-0.3, -0.25) is 14.4 Å². The molecule has 0 saturated carbocycles. The molecule has 0 bridgehead atoms. The van der Waals surface area contributed by atoms with E-state index in [1.807, 2.05) is 6.92 Å². The summed E-state index contributed by atoms with van der Waals surface area (Å²) in [5.41, 5.74) is 1.85. The van der Waals surface area contributed by atoms with Gasteiger partial charge in [-0.05, 0) is 62.8 Å². The number of allylic oxidation sites excluding steroid dienone is 1. The minimum Gasteiger partial charge on any atom is -0.330 e. The van der Waals surface area contributed by atoms with Crippen molar-refractivity contribution in [2.24, 2.45) is 0 Å². The average Bonchev–Trinajstić information content (AvgIpc) is 2.98. The third-order valence-electron chi connectivity index (χ3n) is 5.43. The zero-order valence-electron chi connectivity index (χ0n) is 16.3. The van der Waals surface area contributed by atoms with Crippen molar-refractivity contribution in [2.45, 2.75) is 64.3 Å². The van der Waals surface area contributed by atoms with E-state index >= 15 is 0 Å². The van der Waals surface area contributed by atoms with E-state index in [1.54, 1.807) is 29.2 Å². The Morgan fingerprint density at radius 3 is 2.61 bits per heavy atom. The number of halogens is 1. The maximum absolute atomic E-state index is 13.1. The summed E-state index contributed by atoms with van der Waals surface area (Å²) in [6.07, 6.45) is 8.71. The van der Waals surface area contributed by atoms with Gasteiger partial charge in [0.15, 0.2) is 0 Å². The van der Waals surface area contributed by atoms with E-state index < -0.39 is 6.04 Å². The molecule has 3 rings (SSSR count). The van der Waals surface area contributed by atoms with Crippen LogP contribution in [0.5, 0.6) is 0 Å².